The standard InChI is InChI=1S/C16H25N3O4S.ClH/c20-15(18-13-4-2-1-3-5-13)17-9-11-24-10-7-14-6-8-16(21,22)12-19(14)23;/h1-5,14,21-23H,6-12H2,(H2,17,18,20);1H. The molecule has 1 atom stereocenters. The van der Waals surface area contributed by atoms with Crippen molar-refractivity contribution in [3.63, 3.8) is 0 Å². The van der Waals surface area contributed by atoms with Gasteiger partial charge < -0.3 is 26.1 Å². The normalized spacial score (nSPS) is 19.7. The van der Waals surface area contributed by atoms with E-state index in [0.717, 1.165) is 28.7 Å². The predicted octanol–water partition coefficient (Wildman–Crippen LogP) is 1.89. The number of thioether (sulfide) groups is 1. The molecule has 2 rings (SSSR count). The van der Waals surface area contributed by atoms with Crippen LogP contribution in [0.2, 0.25) is 0 Å². The fourth-order valence-electron chi connectivity index (χ4n) is 2.56. The molecule has 1 saturated heterocycles. The first-order valence-electron chi connectivity index (χ1n) is 8.04. The molecule has 9 heteroatoms. The number of hydrogen-bond donors (Lipinski definition) is 5. The first kappa shape index (κ1) is 22.0. The van der Waals surface area contributed by atoms with Gasteiger partial charge in [0.25, 0.3) is 0 Å². The first-order valence-corrected chi connectivity index (χ1v) is 9.20. The Morgan fingerprint density at radius 2 is 2.00 bits per heavy atom. The summed E-state index contributed by atoms with van der Waals surface area (Å²) in [5.74, 6) is -0.160. The van der Waals surface area contributed by atoms with Crippen molar-refractivity contribution in [3.05, 3.63) is 30.3 Å². The van der Waals surface area contributed by atoms with Crippen LogP contribution in [-0.4, -0.2) is 62.9 Å². The van der Waals surface area contributed by atoms with Crippen LogP contribution >= 0.6 is 24.2 Å². The number of halogens is 1. The Morgan fingerprint density at radius 3 is 2.68 bits per heavy atom. The first-order chi connectivity index (χ1) is 11.5. The molecular weight excluding hydrogens is 366 g/mol. The number of nitrogens with one attached hydrogen (secondary N) is 2. The summed E-state index contributed by atoms with van der Waals surface area (Å²) in [6, 6.07) is 8.99. The number of urea groups is 1. The number of carbonyl (C=O) groups excluding carboxylic acids is 1. The molecule has 0 spiro atoms. The SMILES string of the molecule is Cl.O=C(NCCSCCC1CCC(O)(O)CN1O)Nc1ccccc1. The highest BCUT2D eigenvalue weighted by Gasteiger charge is 2.35. The zero-order valence-electron chi connectivity index (χ0n) is 13.9. The Labute approximate surface area is 158 Å². The molecule has 2 amide bonds. The second kappa shape index (κ2) is 10.8. The molecule has 25 heavy (non-hydrogen) atoms. The molecule has 5 N–H and O–H groups in total. The number of aliphatic hydroxyl groups is 2. The van der Waals surface area contributed by atoms with Crippen molar-refractivity contribution in [1.29, 1.82) is 0 Å². The summed E-state index contributed by atoms with van der Waals surface area (Å²) in [6.07, 6.45) is 1.61. The lowest BCUT2D eigenvalue weighted by Crippen LogP contribution is -2.51. The number of benzene rings is 1. The van der Waals surface area contributed by atoms with E-state index in [9.17, 15) is 20.2 Å². The van der Waals surface area contributed by atoms with E-state index in [1.165, 1.54) is 0 Å². The average Bonchev–Trinajstić information content (AvgIpc) is 2.53. The van der Waals surface area contributed by atoms with E-state index in [1.54, 1.807) is 11.8 Å². The zero-order chi connectivity index (χ0) is 17.4. The van der Waals surface area contributed by atoms with Crippen LogP contribution in [0, 0.1) is 0 Å². The number of carbonyl (C=O) groups is 1. The van der Waals surface area contributed by atoms with Gasteiger partial charge in [-0.2, -0.15) is 16.8 Å². The summed E-state index contributed by atoms with van der Waals surface area (Å²) < 4.78 is 0. The third-order valence-corrected chi connectivity index (χ3v) is 4.89. The molecule has 0 aliphatic carbocycles. The van der Waals surface area contributed by atoms with Crippen molar-refractivity contribution in [2.45, 2.75) is 31.1 Å². The number of nitrogens with zero attached hydrogens (tertiary/aromatic N) is 1. The number of rotatable bonds is 7. The summed E-state index contributed by atoms with van der Waals surface area (Å²) in [5.41, 5.74) is 0.756. The largest absolute Gasteiger partial charge is 0.364 e. The summed E-state index contributed by atoms with van der Waals surface area (Å²) in [7, 11) is 0. The second-order valence-electron chi connectivity index (χ2n) is 5.92. The van der Waals surface area contributed by atoms with Gasteiger partial charge in [0.15, 0.2) is 5.79 Å². The summed E-state index contributed by atoms with van der Waals surface area (Å²) in [4.78, 5) is 11.7. The summed E-state index contributed by atoms with van der Waals surface area (Å²) >= 11 is 1.69. The van der Waals surface area contributed by atoms with Gasteiger partial charge in [-0.05, 0) is 30.7 Å². The molecule has 0 aromatic heterocycles. The van der Waals surface area contributed by atoms with Crippen LogP contribution < -0.4 is 10.6 Å². The lowest BCUT2D eigenvalue weighted by molar-refractivity contribution is -0.265. The molecule has 0 radical (unpaired) electrons. The van der Waals surface area contributed by atoms with Crippen molar-refractivity contribution in [2.75, 3.05) is 29.9 Å². The topological polar surface area (TPSA) is 105 Å². The van der Waals surface area contributed by atoms with E-state index in [2.05, 4.69) is 10.6 Å². The smallest absolute Gasteiger partial charge is 0.319 e. The monoisotopic (exact) mass is 391 g/mol. The number of β-amino-alcohol motifs (C(OH)–C–C–N with tert-alkyl or cyclic N) is 2. The molecule has 1 fully saturated rings. The highest BCUT2D eigenvalue weighted by atomic mass is 35.5. The van der Waals surface area contributed by atoms with Crippen molar-refractivity contribution in [1.82, 2.24) is 10.4 Å². The Morgan fingerprint density at radius 1 is 1.28 bits per heavy atom. The van der Waals surface area contributed by atoms with E-state index in [-0.39, 0.29) is 37.4 Å². The zero-order valence-corrected chi connectivity index (χ0v) is 15.6. The Kier molecular flexibility index (Phi) is 9.55. The highest BCUT2D eigenvalue weighted by Crippen LogP contribution is 2.24. The number of amides is 2. The number of anilines is 1. The van der Waals surface area contributed by atoms with Crippen LogP contribution in [0.4, 0.5) is 10.5 Å². The van der Waals surface area contributed by atoms with Crippen LogP contribution in [0.3, 0.4) is 0 Å². The maximum Gasteiger partial charge on any atom is 0.319 e. The van der Waals surface area contributed by atoms with Gasteiger partial charge >= 0.3 is 6.03 Å². The second-order valence-corrected chi connectivity index (χ2v) is 7.15. The highest BCUT2D eigenvalue weighted by molar-refractivity contribution is 7.99. The van der Waals surface area contributed by atoms with E-state index < -0.39 is 5.79 Å². The van der Waals surface area contributed by atoms with Crippen molar-refractivity contribution in [2.24, 2.45) is 0 Å². The minimum atomic E-state index is -1.78. The van der Waals surface area contributed by atoms with Crippen LogP contribution in [0.15, 0.2) is 30.3 Å². The van der Waals surface area contributed by atoms with Gasteiger partial charge in [-0.3, -0.25) is 0 Å². The number of hydroxylamine groups is 2. The quantitative estimate of drug-likeness (QED) is 0.359. The lowest BCUT2D eigenvalue weighted by Gasteiger charge is -2.37. The molecule has 1 heterocycles. The molecule has 0 bridgehead atoms. The number of hydrogen-bond acceptors (Lipinski definition) is 6. The molecule has 1 aliphatic heterocycles. The van der Waals surface area contributed by atoms with Crippen molar-refractivity contribution >= 4 is 35.9 Å². The maximum absolute atomic E-state index is 11.7. The number of para-hydroxylation sites is 1. The molecule has 0 saturated carbocycles. The van der Waals surface area contributed by atoms with Gasteiger partial charge in [0.05, 0.1) is 6.54 Å². The van der Waals surface area contributed by atoms with Gasteiger partial charge in [-0.15, -0.1) is 12.4 Å². The lowest BCUT2D eigenvalue weighted by atomic mass is 9.98. The van der Waals surface area contributed by atoms with E-state index in [1.807, 2.05) is 30.3 Å². The fraction of sp³-hybridized carbons (Fsp3) is 0.562. The van der Waals surface area contributed by atoms with Gasteiger partial charge in [0, 0.05) is 30.4 Å². The third-order valence-electron chi connectivity index (χ3n) is 3.87. The van der Waals surface area contributed by atoms with E-state index >= 15 is 0 Å². The van der Waals surface area contributed by atoms with Crippen LogP contribution in [-0.2, 0) is 0 Å². The molecule has 1 aromatic carbocycles. The summed E-state index contributed by atoms with van der Waals surface area (Å²) in [6.45, 7) is 0.427. The Bertz CT molecular complexity index is 521. The molecular formula is C16H26ClN3O4S. The van der Waals surface area contributed by atoms with Crippen LogP contribution in [0.25, 0.3) is 0 Å². The van der Waals surface area contributed by atoms with Gasteiger partial charge in [0.2, 0.25) is 0 Å². The third kappa shape index (κ3) is 8.26. The molecule has 142 valence electrons. The Balaban J connectivity index is 0.00000312. The van der Waals surface area contributed by atoms with Crippen LogP contribution in [0.5, 0.6) is 0 Å². The minimum Gasteiger partial charge on any atom is -0.364 e. The fourth-order valence-corrected chi connectivity index (χ4v) is 3.45. The molecule has 1 aromatic rings. The van der Waals surface area contributed by atoms with Gasteiger partial charge in [-0.25, -0.2) is 4.79 Å². The average molecular weight is 392 g/mol. The maximum atomic E-state index is 11.7. The molecule has 1 unspecified atom stereocenters. The summed E-state index contributed by atoms with van der Waals surface area (Å²) in [5, 5.41) is 35.3. The van der Waals surface area contributed by atoms with Crippen molar-refractivity contribution < 1.29 is 20.2 Å². The van der Waals surface area contributed by atoms with E-state index in [0.29, 0.717) is 13.0 Å². The molecule has 1 aliphatic rings. The number of piperidine rings is 1. The minimum absolute atomic E-state index is 0. The Hall–Kier alpha value is -1.03. The predicted molar refractivity (Wildman–Crippen MR) is 101 cm³/mol. The van der Waals surface area contributed by atoms with Crippen LogP contribution in [0.1, 0.15) is 19.3 Å². The van der Waals surface area contributed by atoms with Gasteiger partial charge in [0.1, 0.15) is 0 Å². The molecule has 7 nitrogen and oxygen atoms in total. The van der Waals surface area contributed by atoms with Crippen molar-refractivity contribution in [3.8, 4) is 0 Å². The van der Waals surface area contributed by atoms with E-state index in [4.69, 9.17) is 0 Å². The van der Waals surface area contributed by atoms with Gasteiger partial charge in [-0.1, -0.05) is 18.2 Å².